The molecule has 1 unspecified atom stereocenters. The van der Waals surface area contributed by atoms with Crippen LogP contribution < -0.4 is 10.6 Å². The van der Waals surface area contributed by atoms with E-state index < -0.39 is 0 Å². The molecule has 19 heavy (non-hydrogen) atoms. The number of ether oxygens (including phenoxy) is 2. The van der Waals surface area contributed by atoms with Crippen LogP contribution in [0.2, 0.25) is 0 Å². The van der Waals surface area contributed by atoms with Gasteiger partial charge in [0.05, 0.1) is 12.7 Å². The van der Waals surface area contributed by atoms with Crippen molar-refractivity contribution in [1.82, 2.24) is 10.6 Å². The first-order chi connectivity index (χ1) is 9.25. The summed E-state index contributed by atoms with van der Waals surface area (Å²) >= 11 is 0. The van der Waals surface area contributed by atoms with Crippen molar-refractivity contribution in [2.75, 3.05) is 32.9 Å². The maximum absolute atomic E-state index is 12.0. The molecule has 2 aliphatic heterocycles. The van der Waals surface area contributed by atoms with Gasteiger partial charge in [-0.05, 0) is 39.2 Å². The van der Waals surface area contributed by atoms with Crippen molar-refractivity contribution in [3.63, 3.8) is 0 Å². The SMILES string of the molecule is C[C@H]1C[C@@H](C(=O)NCCCOC2CCOC2)CCN1. The topological polar surface area (TPSA) is 59.6 Å². The number of carbonyl (C=O) groups is 1. The Hall–Kier alpha value is -0.650. The minimum atomic E-state index is 0.181. The number of rotatable bonds is 6. The van der Waals surface area contributed by atoms with E-state index in [0.717, 1.165) is 45.4 Å². The molecule has 2 aliphatic rings. The van der Waals surface area contributed by atoms with Crippen LogP contribution in [0.1, 0.15) is 32.6 Å². The molecule has 2 N–H and O–H groups in total. The lowest BCUT2D eigenvalue weighted by molar-refractivity contribution is -0.126. The van der Waals surface area contributed by atoms with Gasteiger partial charge in [-0.3, -0.25) is 4.79 Å². The summed E-state index contributed by atoms with van der Waals surface area (Å²) in [6.45, 7) is 6.04. The Morgan fingerprint density at radius 1 is 1.47 bits per heavy atom. The third-order valence-corrected chi connectivity index (χ3v) is 3.86. The predicted molar refractivity (Wildman–Crippen MR) is 73.0 cm³/mol. The number of hydrogen-bond acceptors (Lipinski definition) is 4. The molecular formula is C14H26N2O3. The third kappa shape index (κ3) is 5.09. The van der Waals surface area contributed by atoms with Crippen LogP contribution in [0, 0.1) is 5.92 Å². The average Bonchev–Trinajstić information content (AvgIpc) is 2.91. The highest BCUT2D eigenvalue weighted by Crippen LogP contribution is 2.15. The molecule has 5 heteroatoms. The zero-order valence-electron chi connectivity index (χ0n) is 11.8. The summed E-state index contributed by atoms with van der Waals surface area (Å²) in [5.41, 5.74) is 0. The van der Waals surface area contributed by atoms with E-state index in [1.807, 2.05) is 0 Å². The van der Waals surface area contributed by atoms with E-state index in [-0.39, 0.29) is 17.9 Å². The fourth-order valence-corrected chi connectivity index (χ4v) is 2.69. The summed E-state index contributed by atoms with van der Waals surface area (Å²) in [5.74, 6) is 0.387. The van der Waals surface area contributed by atoms with Gasteiger partial charge in [-0.15, -0.1) is 0 Å². The molecule has 0 radical (unpaired) electrons. The van der Waals surface area contributed by atoms with Gasteiger partial charge in [0.15, 0.2) is 0 Å². The van der Waals surface area contributed by atoms with Crippen molar-refractivity contribution in [3.05, 3.63) is 0 Å². The van der Waals surface area contributed by atoms with Crippen molar-refractivity contribution >= 4 is 5.91 Å². The Morgan fingerprint density at radius 2 is 2.37 bits per heavy atom. The number of hydrogen-bond donors (Lipinski definition) is 2. The molecule has 1 amide bonds. The molecule has 5 nitrogen and oxygen atoms in total. The summed E-state index contributed by atoms with van der Waals surface area (Å²) in [6, 6.07) is 0.454. The van der Waals surface area contributed by atoms with E-state index in [1.54, 1.807) is 0 Å². The lowest BCUT2D eigenvalue weighted by atomic mass is 9.92. The average molecular weight is 270 g/mol. The van der Waals surface area contributed by atoms with Gasteiger partial charge < -0.3 is 20.1 Å². The van der Waals surface area contributed by atoms with Crippen molar-refractivity contribution in [2.45, 2.75) is 44.8 Å². The normalized spacial score (nSPS) is 31.3. The van der Waals surface area contributed by atoms with E-state index in [4.69, 9.17) is 9.47 Å². The van der Waals surface area contributed by atoms with Gasteiger partial charge in [0.2, 0.25) is 5.91 Å². The number of piperidine rings is 1. The Labute approximate surface area is 115 Å². The zero-order valence-corrected chi connectivity index (χ0v) is 11.8. The van der Waals surface area contributed by atoms with E-state index in [0.29, 0.717) is 19.2 Å². The standard InChI is InChI=1S/C14H26N2O3/c1-11-9-12(3-6-15-11)14(17)16-5-2-7-19-13-4-8-18-10-13/h11-13,15H,2-10H2,1H3,(H,16,17)/t11-,12-,13?/m0/s1. The number of carbonyl (C=O) groups excluding carboxylic acids is 1. The van der Waals surface area contributed by atoms with Crippen molar-refractivity contribution < 1.29 is 14.3 Å². The van der Waals surface area contributed by atoms with Crippen LogP contribution in [0.4, 0.5) is 0 Å². The van der Waals surface area contributed by atoms with E-state index in [9.17, 15) is 4.79 Å². The molecule has 0 aromatic carbocycles. The largest absolute Gasteiger partial charge is 0.379 e. The molecular weight excluding hydrogens is 244 g/mol. The first kappa shape index (κ1) is 14.8. The minimum Gasteiger partial charge on any atom is -0.379 e. The fourth-order valence-electron chi connectivity index (χ4n) is 2.69. The van der Waals surface area contributed by atoms with Gasteiger partial charge in [-0.25, -0.2) is 0 Å². The van der Waals surface area contributed by atoms with Crippen LogP contribution in [0.3, 0.4) is 0 Å². The third-order valence-electron chi connectivity index (χ3n) is 3.86. The molecule has 0 aromatic heterocycles. The summed E-state index contributed by atoms with van der Waals surface area (Å²) in [7, 11) is 0. The highest BCUT2D eigenvalue weighted by molar-refractivity contribution is 5.78. The van der Waals surface area contributed by atoms with Gasteiger partial charge in [0.25, 0.3) is 0 Å². The van der Waals surface area contributed by atoms with Gasteiger partial charge in [-0.1, -0.05) is 0 Å². The summed E-state index contributed by atoms with van der Waals surface area (Å²) in [5, 5.41) is 6.38. The maximum Gasteiger partial charge on any atom is 0.223 e. The Balaban J connectivity index is 1.51. The molecule has 0 aliphatic carbocycles. The van der Waals surface area contributed by atoms with Crippen molar-refractivity contribution in [3.8, 4) is 0 Å². The molecule has 2 heterocycles. The smallest absolute Gasteiger partial charge is 0.223 e. The molecule has 2 saturated heterocycles. The number of amides is 1. The van der Waals surface area contributed by atoms with Crippen LogP contribution in [0.5, 0.6) is 0 Å². The van der Waals surface area contributed by atoms with Crippen LogP contribution >= 0.6 is 0 Å². The quantitative estimate of drug-likeness (QED) is 0.697. The van der Waals surface area contributed by atoms with Gasteiger partial charge in [0.1, 0.15) is 0 Å². The zero-order chi connectivity index (χ0) is 13.5. The van der Waals surface area contributed by atoms with Gasteiger partial charge in [-0.2, -0.15) is 0 Å². The monoisotopic (exact) mass is 270 g/mol. The summed E-state index contributed by atoms with van der Waals surface area (Å²) in [4.78, 5) is 12.0. The molecule has 0 saturated carbocycles. The first-order valence-corrected chi connectivity index (χ1v) is 7.46. The van der Waals surface area contributed by atoms with E-state index in [2.05, 4.69) is 17.6 Å². The Bertz CT molecular complexity index is 280. The Kier molecular flexibility index (Phi) is 6.07. The van der Waals surface area contributed by atoms with Gasteiger partial charge >= 0.3 is 0 Å². The lowest BCUT2D eigenvalue weighted by Crippen LogP contribution is -2.42. The molecule has 0 bridgehead atoms. The van der Waals surface area contributed by atoms with Gasteiger partial charge in [0, 0.05) is 31.7 Å². The van der Waals surface area contributed by atoms with E-state index in [1.165, 1.54) is 0 Å². The maximum atomic E-state index is 12.0. The lowest BCUT2D eigenvalue weighted by Gasteiger charge is -2.27. The van der Waals surface area contributed by atoms with Crippen LogP contribution in [0.15, 0.2) is 0 Å². The molecule has 3 atom stereocenters. The van der Waals surface area contributed by atoms with Crippen LogP contribution in [-0.4, -0.2) is 51.0 Å². The summed E-state index contributed by atoms with van der Waals surface area (Å²) in [6.07, 6.45) is 4.04. The molecule has 0 spiro atoms. The fraction of sp³-hybridized carbons (Fsp3) is 0.929. The summed E-state index contributed by atoms with van der Waals surface area (Å²) < 4.78 is 10.9. The van der Waals surface area contributed by atoms with Crippen molar-refractivity contribution in [2.24, 2.45) is 5.92 Å². The van der Waals surface area contributed by atoms with Crippen LogP contribution in [0.25, 0.3) is 0 Å². The minimum absolute atomic E-state index is 0.181. The Morgan fingerprint density at radius 3 is 3.11 bits per heavy atom. The van der Waals surface area contributed by atoms with Crippen molar-refractivity contribution in [1.29, 1.82) is 0 Å². The van der Waals surface area contributed by atoms with Crippen LogP contribution in [-0.2, 0) is 14.3 Å². The second-order valence-corrected chi connectivity index (χ2v) is 5.58. The molecule has 0 aromatic rings. The second kappa shape index (κ2) is 7.82. The first-order valence-electron chi connectivity index (χ1n) is 7.46. The second-order valence-electron chi connectivity index (χ2n) is 5.58. The highest BCUT2D eigenvalue weighted by Gasteiger charge is 2.24. The highest BCUT2D eigenvalue weighted by atomic mass is 16.5. The molecule has 2 rings (SSSR count). The molecule has 2 fully saturated rings. The van der Waals surface area contributed by atoms with E-state index >= 15 is 0 Å². The number of nitrogens with one attached hydrogen (secondary N) is 2. The molecule has 110 valence electrons. The predicted octanol–water partition coefficient (Wildman–Crippen LogP) is 0.686.